The molecular weight excluding hydrogens is 502 g/mol. The fourth-order valence-electron chi connectivity index (χ4n) is 4.98. The fourth-order valence-corrected chi connectivity index (χ4v) is 4.98. The van der Waals surface area contributed by atoms with Crippen molar-refractivity contribution in [2.45, 2.75) is 26.9 Å². The summed E-state index contributed by atoms with van der Waals surface area (Å²) in [6.07, 6.45) is 2.55. The number of carbonyl (C=O) groups is 2. The smallest absolute Gasteiger partial charge is 0.339 e. The summed E-state index contributed by atoms with van der Waals surface area (Å²) in [6.45, 7) is 13.2. The number of nitrogens with one attached hydrogen (secondary N) is 2. The summed E-state index contributed by atoms with van der Waals surface area (Å²) in [6, 6.07) is 16.3. The Morgan fingerprint density at radius 3 is 2.42 bits per heavy atom. The molecule has 0 atom stereocenters. The standard InChI is InChI=1S/C32H35N5O3/c1-6-28(38)34-27-18-23(8-7-21(27)4)29-26-17-24(32(39)40-20(2)3)19-33-31(26)35-30(29)22-9-11-25(12-10-22)37-15-13-36(5)14-16-37/h6-12,17-20H,1,13-16H2,2-5H3,(H,33,35)(H,34,38). The zero-order valence-corrected chi connectivity index (χ0v) is 23.5. The third-order valence-electron chi connectivity index (χ3n) is 7.22. The van der Waals surface area contributed by atoms with Gasteiger partial charge in [0, 0.05) is 54.7 Å². The molecule has 0 saturated carbocycles. The minimum absolute atomic E-state index is 0.239. The maximum absolute atomic E-state index is 12.7. The number of H-pyrrole nitrogens is 1. The molecule has 1 saturated heterocycles. The first-order chi connectivity index (χ1) is 19.2. The van der Waals surface area contributed by atoms with Gasteiger partial charge in [-0.25, -0.2) is 9.78 Å². The van der Waals surface area contributed by atoms with Crippen molar-refractivity contribution in [1.82, 2.24) is 14.9 Å². The number of ether oxygens (including phenoxy) is 1. The van der Waals surface area contributed by atoms with Gasteiger partial charge >= 0.3 is 5.97 Å². The Hall–Kier alpha value is -4.43. The topological polar surface area (TPSA) is 90.6 Å². The second-order valence-electron chi connectivity index (χ2n) is 10.5. The van der Waals surface area contributed by atoms with Gasteiger partial charge in [-0.05, 0) is 74.9 Å². The van der Waals surface area contributed by atoms with Crippen LogP contribution in [-0.4, -0.2) is 66.1 Å². The number of carbonyl (C=O) groups excluding carboxylic acids is 2. The van der Waals surface area contributed by atoms with Gasteiger partial charge in [-0.15, -0.1) is 0 Å². The Balaban J connectivity index is 1.62. The predicted molar refractivity (Wildman–Crippen MR) is 161 cm³/mol. The largest absolute Gasteiger partial charge is 0.459 e. The van der Waals surface area contributed by atoms with E-state index in [4.69, 9.17) is 4.74 Å². The van der Waals surface area contributed by atoms with Gasteiger partial charge in [-0.3, -0.25) is 4.79 Å². The van der Waals surface area contributed by atoms with Crippen LogP contribution in [0.1, 0.15) is 29.8 Å². The normalized spacial score (nSPS) is 14.0. The Morgan fingerprint density at radius 1 is 1.05 bits per heavy atom. The van der Waals surface area contributed by atoms with E-state index in [1.54, 1.807) is 6.20 Å². The molecule has 1 aliphatic rings. The number of amides is 1. The van der Waals surface area contributed by atoms with E-state index in [9.17, 15) is 9.59 Å². The zero-order chi connectivity index (χ0) is 28.4. The molecule has 8 nitrogen and oxygen atoms in total. The minimum Gasteiger partial charge on any atom is -0.459 e. The van der Waals surface area contributed by atoms with E-state index >= 15 is 0 Å². The molecule has 0 bridgehead atoms. The van der Waals surface area contributed by atoms with Crippen molar-refractivity contribution < 1.29 is 14.3 Å². The number of likely N-dealkylation sites (N-methyl/N-ethyl adjacent to an activating group) is 1. The predicted octanol–water partition coefficient (Wildman–Crippen LogP) is 5.65. The molecule has 5 rings (SSSR count). The number of benzene rings is 2. The van der Waals surface area contributed by atoms with E-state index in [1.807, 2.05) is 45.0 Å². The SMILES string of the molecule is C=CC(=O)Nc1cc(-c2c(-c3ccc(N4CCN(C)CC4)cc3)[nH]c3ncc(C(=O)OC(C)C)cc23)ccc1C. The molecule has 40 heavy (non-hydrogen) atoms. The van der Waals surface area contributed by atoms with Gasteiger partial charge in [-0.1, -0.05) is 30.8 Å². The van der Waals surface area contributed by atoms with Crippen LogP contribution in [0, 0.1) is 6.92 Å². The molecule has 1 aliphatic heterocycles. The van der Waals surface area contributed by atoms with Gasteiger partial charge in [0.1, 0.15) is 5.65 Å². The minimum atomic E-state index is -0.419. The van der Waals surface area contributed by atoms with E-state index in [0.717, 1.165) is 59.5 Å². The Bertz CT molecular complexity index is 1560. The highest BCUT2D eigenvalue weighted by molar-refractivity contribution is 6.06. The van der Waals surface area contributed by atoms with Crippen molar-refractivity contribution in [3.63, 3.8) is 0 Å². The number of nitrogens with zero attached hydrogens (tertiary/aromatic N) is 3. The van der Waals surface area contributed by atoms with Gasteiger partial charge in [-0.2, -0.15) is 0 Å². The first-order valence-corrected chi connectivity index (χ1v) is 13.5. The highest BCUT2D eigenvalue weighted by Crippen LogP contribution is 2.40. The molecule has 0 radical (unpaired) electrons. The molecular formula is C32H35N5O3. The molecule has 0 unspecified atom stereocenters. The van der Waals surface area contributed by atoms with Gasteiger partial charge in [0.2, 0.25) is 5.91 Å². The molecule has 8 heteroatoms. The van der Waals surface area contributed by atoms with Gasteiger partial charge < -0.3 is 24.8 Å². The van der Waals surface area contributed by atoms with Crippen LogP contribution in [0.3, 0.4) is 0 Å². The van der Waals surface area contributed by atoms with E-state index < -0.39 is 5.97 Å². The van der Waals surface area contributed by atoms with Crippen LogP contribution in [0.5, 0.6) is 0 Å². The second-order valence-corrected chi connectivity index (χ2v) is 10.5. The van der Waals surface area contributed by atoms with Crippen molar-refractivity contribution in [3.8, 4) is 22.4 Å². The summed E-state index contributed by atoms with van der Waals surface area (Å²) in [5, 5.41) is 3.69. The summed E-state index contributed by atoms with van der Waals surface area (Å²) in [5.74, 6) is -0.697. The zero-order valence-electron chi connectivity index (χ0n) is 23.5. The summed E-state index contributed by atoms with van der Waals surface area (Å²) in [4.78, 5) is 37.7. The number of pyridine rings is 1. The number of aryl methyl sites for hydroxylation is 1. The first-order valence-electron chi connectivity index (χ1n) is 13.5. The fraction of sp³-hybridized carbons (Fsp3) is 0.281. The number of hydrogen-bond acceptors (Lipinski definition) is 6. The lowest BCUT2D eigenvalue weighted by molar-refractivity contribution is -0.111. The van der Waals surface area contributed by atoms with Crippen LogP contribution in [0.15, 0.2) is 67.4 Å². The van der Waals surface area contributed by atoms with Crippen molar-refractivity contribution in [3.05, 3.63) is 78.5 Å². The number of anilines is 2. The average molecular weight is 538 g/mol. The summed E-state index contributed by atoms with van der Waals surface area (Å²) < 4.78 is 5.44. The third kappa shape index (κ3) is 5.62. The van der Waals surface area contributed by atoms with Crippen molar-refractivity contribution in [2.24, 2.45) is 0 Å². The van der Waals surface area contributed by atoms with Crippen molar-refractivity contribution in [2.75, 3.05) is 43.4 Å². The molecule has 1 amide bonds. The molecule has 2 aromatic heterocycles. The number of fused-ring (bicyclic) bond motifs is 1. The van der Waals surface area contributed by atoms with Crippen LogP contribution in [0.25, 0.3) is 33.4 Å². The number of aromatic amines is 1. The number of rotatable bonds is 7. The third-order valence-corrected chi connectivity index (χ3v) is 7.22. The van der Waals surface area contributed by atoms with Gasteiger partial charge in [0.15, 0.2) is 0 Å². The quantitative estimate of drug-likeness (QED) is 0.234. The monoisotopic (exact) mass is 537 g/mol. The van der Waals surface area contributed by atoms with Gasteiger partial charge in [0.25, 0.3) is 0 Å². The van der Waals surface area contributed by atoms with Crippen molar-refractivity contribution in [1.29, 1.82) is 0 Å². The van der Waals surface area contributed by atoms with E-state index in [-0.39, 0.29) is 12.0 Å². The lowest BCUT2D eigenvalue weighted by Gasteiger charge is -2.34. The molecule has 2 N–H and O–H groups in total. The second kappa shape index (κ2) is 11.4. The molecule has 2 aromatic carbocycles. The highest BCUT2D eigenvalue weighted by Gasteiger charge is 2.21. The maximum atomic E-state index is 12.7. The van der Waals surface area contributed by atoms with E-state index in [2.05, 4.69) is 63.0 Å². The first kappa shape index (κ1) is 27.1. The summed E-state index contributed by atoms with van der Waals surface area (Å²) in [7, 11) is 2.15. The molecule has 0 aliphatic carbocycles. The number of hydrogen-bond donors (Lipinski definition) is 2. The lowest BCUT2D eigenvalue weighted by atomic mass is 9.96. The molecule has 0 spiro atoms. The summed E-state index contributed by atoms with van der Waals surface area (Å²) in [5.41, 5.74) is 7.50. The summed E-state index contributed by atoms with van der Waals surface area (Å²) >= 11 is 0. The Morgan fingerprint density at radius 2 is 1.75 bits per heavy atom. The molecule has 3 heterocycles. The maximum Gasteiger partial charge on any atom is 0.339 e. The van der Waals surface area contributed by atoms with E-state index in [1.165, 1.54) is 11.8 Å². The Kier molecular flexibility index (Phi) is 7.71. The van der Waals surface area contributed by atoms with E-state index in [0.29, 0.717) is 16.9 Å². The van der Waals surface area contributed by atoms with Crippen LogP contribution >= 0.6 is 0 Å². The Labute approximate surface area is 234 Å². The number of aromatic nitrogens is 2. The number of esters is 1. The molecule has 4 aromatic rings. The van der Waals surface area contributed by atoms with Crippen LogP contribution in [-0.2, 0) is 9.53 Å². The molecule has 206 valence electrons. The average Bonchev–Trinajstić information content (AvgIpc) is 3.33. The van der Waals surface area contributed by atoms with Crippen LogP contribution in [0.2, 0.25) is 0 Å². The van der Waals surface area contributed by atoms with Crippen LogP contribution in [0.4, 0.5) is 11.4 Å². The van der Waals surface area contributed by atoms with Crippen molar-refractivity contribution >= 4 is 34.3 Å². The highest BCUT2D eigenvalue weighted by atomic mass is 16.5. The van der Waals surface area contributed by atoms with Crippen LogP contribution < -0.4 is 10.2 Å². The van der Waals surface area contributed by atoms with Gasteiger partial charge in [0.05, 0.1) is 17.4 Å². The lowest BCUT2D eigenvalue weighted by Crippen LogP contribution is -2.44. The number of piperazine rings is 1. The molecule has 1 fully saturated rings.